The van der Waals surface area contributed by atoms with Crippen molar-refractivity contribution >= 4 is 17.6 Å². The van der Waals surface area contributed by atoms with E-state index in [1.54, 1.807) is 20.0 Å². The molecule has 1 atom stereocenters. The minimum Gasteiger partial charge on any atom is -0.360 e. The highest BCUT2D eigenvalue weighted by molar-refractivity contribution is 5.94. The zero-order chi connectivity index (χ0) is 16.8. The second-order valence-electron chi connectivity index (χ2n) is 6.41. The van der Waals surface area contributed by atoms with Gasteiger partial charge >= 0.3 is 0 Å². The van der Waals surface area contributed by atoms with Gasteiger partial charge in [-0.1, -0.05) is 37.3 Å². The minimum atomic E-state index is -0.537. The molecule has 7 heteroatoms. The van der Waals surface area contributed by atoms with E-state index in [4.69, 9.17) is 10.3 Å². The summed E-state index contributed by atoms with van der Waals surface area (Å²) in [6.45, 7) is 1.69. The molecule has 0 bridgehead atoms. The monoisotopic (exact) mass is 322 g/mol. The second-order valence-corrected chi connectivity index (χ2v) is 6.41. The van der Waals surface area contributed by atoms with E-state index in [1.807, 2.05) is 0 Å². The molecule has 0 radical (unpaired) electrons. The Labute approximate surface area is 136 Å². The number of likely N-dealkylation sites (N-methyl/N-ethyl adjacent to an activating group) is 1. The van der Waals surface area contributed by atoms with Crippen molar-refractivity contribution in [2.75, 3.05) is 18.9 Å². The molecule has 0 aliphatic heterocycles. The maximum Gasteiger partial charge on any atom is 0.245 e. The van der Waals surface area contributed by atoms with E-state index in [9.17, 15) is 9.59 Å². The van der Waals surface area contributed by atoms with Crippen LogP contribution in [0, 0.1) is 12.8 Å². The Morgan fingerprint density at radius 3 is 2.74 bits per heavy atom. The van der Waals surface area contributed by atoms with Gasteiger partial charge in [0.25, 0.3) is 0 Å². The maximum atomic E-state index is 12.3. The van der Waals surface area contributed by atoms with Gasteiger partial charge in [0.05, 0.1) is 12.6 Å². The maximum absolute atomic E-state index is 12.3. The molecule has 23 heavy (non-hydrogen) atoms. The highest BCUT2D eigenvalue weighted by Gasteiger charge is 2.24. The number of hydrogen-bond acceptors (Lipinski definition) is 5. The molecular formula is C16H26N4O3. The summed E-state index contributed by atoms with van der Waals surface area (Å²) >= 11 is 0. The van der Waals surface area contributed by atoms with Crippen molar-refractivity contribution < 1.29 is 14.1 Å². The van der Waals surface area contributed by atoms with Crippen LogP contribution in [0.4, 0.5) is 5.82 Å². The summed E-state index contributed by atoms with van der Waals surface area (Å²) in [7, 11) is 1.59. The molecule has 128 valence electrons. The van der Waals surface area contributed by atoms with Crippen LogP contribution in [-0.2, 0) is 9.59 Å². The summed E-state index contributed by atoms with van der Waals surface area (Å²) in [6.07, 6.45) is 6.73. The number of rotatable bonds is 6. The van der Waals surface area contributed by atoms with Gasteiger partial charge in [0.1, 0.15) is 5.76 Å². The number of anilines is 1. The molecule has 3 N–H and O–H groups in total. The lowest BCUT2D eigenvalue weighted by Gasteiger charge is -2.26. The molecule has 0 spiro atoms. The van der Waals surface area contributed by atoms with Crippen molar-refractivity contribution in [2.45, 2.75) is 51.5 Å². The molecule has 0 saturated heterocycles. The van der Waals surface area contributed by atoms with Gasteiger partial charge in [-0.15, -0.1) is 0 Å². The summed E-state index contributed by atoms with van der Waals surface area (Å²) in [6, 6.07) is 1.08. The number of aromatic nitrogens is 1. The van der Waals surface area contributed by atoms with Crippen LogP contribution in [0.3, 0.4) is 0 Å². The normalized spacial score (nSPS) is 16.8. The standard InChI is InChI=1S/C16H26N4O3/c1-11-8-14(19-23-11)18-15(21)10-20(2)16(22)13(17)9-12-6-4-3-5-7-12/h8,12-13H,3-7,9-10,17H2,1-2H3,(H,18,19,21). The van der Waals surface area contributed by atoms with Crippen molar-refractivity contribution in [3.05, 3.63) is 11.8 Å². The number of carbonyl (C=O) groups excluding carboxylic acids is 2. The molecule has 0 aromatic carbocycles. The number of nitrogens with one attached hydrogen (secondary N) is 1. The Morgan fingerprint density at radius 1 is 1.43 bits per heavy atom. The predicted molar refractivity (Wildman–Crippen MR) is 86.7 cm³/mol. The molecular weight excluding hydrogens is 296 g/mol. The lowest BCUT2D eigenvalue weighted by atomic mass is 9.85. The van der Waals surface area contributed by atoms with Crippen molar-refractivity contribution in [3.8, 4) is 0 Å². The van der Waals surface area contributed by atoms with Crippen LogP contribution in [0.1, 0.15) is 44.3 Å². The smallest absolute Gasteiger partial charge is 0.245 e. The third-order valence-corrected chi connectivity index (χ3v) is 4.28. The molecule has 1 aromatic rings. The Kier molecular flexibility index (Phi) is 6.15. The van der Waals surface area contributed by atoms with Gasteiger partial charge < -0.3 is 20.5 Å². The predicted octanol–water partition coefficient (Wildman–Crippen LogP) is 1.68. The molecule has 1 saturated carbocycles. The average Bonchev–Trinajstić information content (AvgIpc) is 2.92. The van der Waals surface area contributed by atoms with Crippen LogP contribution >= 0.6 is 0 Å². The molecule has 1 aliphatic carbocycles. The van der Waals surface area contributed by atoms with Gasteiger partial charge in [0.15, 0.2) is 5.82 Å². The number of nitrogens with two attached hydrogens (primary N) is 1. The summed E-state index contributed by atoms with van der Waals surface area (Å²) in [4.78, 5) is 25.6. The number of carbonyl (C=O) groups is 2. The molecule has 1 aromatic heterocycles. The molecule has 2 rings (SSSR count). The fourth-order valence-electron chi connectivity index (χ4n) is 3.07. The molecule has 1 heterocycles. The Bertz CT molecular complexity index is 537. The number of nitrogens with zero attached hydrogens (tertiary/aromatic N) is 2. The van der Waals surface area contributed by atoms with Gasteiger partial charge in [0.2, 0.25) is 11.8 Å². The van der Waals surface area contributed by atoms with Gasteiger partial charge in [0, 0.05) is 13.1 Å². The summed E-state index contributed by atoms with van der Waals surface area (Å²) in [5, 5.41) is 6.28. The first-order chi connectivity index (χ1) is 11.0. The van der Waals surface area contributed by atoms with E-state index in [0.717, 1.165) is 12.8 Å². The van der Waals surface area contributed by atoms with E-state index in [-0.39, 0.29) is 18.4 Å². The van der Waals surface area contributed by atoms with Crippen LogP contribution < -0.4 is 11.1 Å². The lowest BCUT2D eigenvalue weighted by Crippen LogP contribution is -2.45. The fourth-order valence-corrected chi connectivity index (χ4v) is 3.07. The first-order valence-corrected chi connectivity index (χ1v) is 8.19. The Morgan fingerprint density at radius 2 is 2.13 bits per heavy atom. The zero-order valence-electron chi connectivity index (χ0n) is 13.9. The van der Waals surface area contributed by atoms with Gasteiger partial charge in [-0.2, -0.15) is 0 Å². The van der Waals surface area contributed by atoms with Crippen LogP contribution in [0.2, 0.25) is 0 Å². The van der Waals surface area contributed by atoms with E-state index in [0.29, 0.717) is 23.9 Å². The largest absolute Gasteiger partial charge is 0.360 e. The number of aryl methyl sites for hydroxylation is 1. The van der Waals surface area contributed by atoms with Crippen LogP contribution in [-0.4, -0.2) is 41.5 Å². The van der Waals surface area contributed by atoms with Crippen LogP contribution in [0.5, 0.6) is 0 Å². The molecule has 1 aliphatic rings. The first kappa shape index (κ1) is 17.5. The highest BCUT2D eigenvalue weighted by Crippen LogP contribution is 2.27. The van der Waals surface area contributed by atoms with Crippen LogP contribution in [0.15, 0.2) is 10.6 Å². The topological polar surface area (TPSA) is 101 Å². The Balaban J connectivity index is 1.77. The van der Waals surface area contributed by atoms with E-state index in [2.05, 4.69) is 10.5 Å². The minimum absolute atomic E-state index is 0.0525. The summed E-state index contributed by atoms with van der Waals surface area (Å²) in [5.41, 5.74) is 6.03. The second kappa shape index (κ2) is 8.10. The number of hydrogen-bond donors (Lipinski definition) is 2. The molecule has 1 fully saturated rings. The van der Waals surface area contributed by atoms with Crippen molar-refractivity contribution in [3.63, 3.8) is 0 Å². The van der Waals surface area contributed by atoms with E-state index >= 15 is 0 Å². The van der Waals surface area contributed by atoms with E-state index < -0.39 is 6.04 Å². The van der Waals surface area contributed by atoms with Gasteiger partial charge in [-0.25, -0.2) is 0 Å². The van der Waals surface area contributed by atoms with Crippen LogP contribution in [0.25, 0.3) is 0 Å². The van der Waals surface area contributed by atoms with Crippen molar-refractivity contribution in [2.24, 2.45) is 11.7 Å². The highest BCUT2D eigenvalue weighted by atomic mass is 16.5. The third-order valence-electron chi connectivity index (χ3n) is 4.28. The first-order valence-electron chi connectivity index (χ1n) is 8.19. The molecule has 7 nitrogen and oxygen atoms in total. The number of amides is 2. The van der Waals surface area contributed by atoms with Gasteiger partial charge in [-0.05, 0) is 19.3 Å². The van der Waals surface area contributed by atoms with Crippen molar-refractivity contribution in [1.29, 1.82) is 0 Å². The summed E-state index contributed by atoms with van der Waals surface area (Å²) < 4.78 is 4.88. The Hall–Kier alpha value is -1.89. The molecule has 2 amide bonds. The lowest BCUT2D eigenvalue weighted by molar-refractivity contribution is -0.134. The average molecular weight is 322 g/mol. The fraction of sp³-hybridized carbons (Fsp3) is 0.688. The van der Waals surface area contributed by atoms with Crippen molar-refractivity contribution in [1.82, 2.24) is 10.1 Å². The van der Waals surface area contributed by atoms with E-state index in [1.165, 1.54) is 24.2 Å². The molecule has 1 unspecified atom stereocenters. The van der Waals surface area contributed by atoms with Gasteiger partial charge in [-0.3, -0.25) is 9.59 Å². The zero-order valence-corrected chi connectivity index (χ0v) is 13.9. The third kappa shape index (κ3) is 5.35. The summed E-state index contributed by atoms with van der Waals surface area (Å²) in [5.74, 6) is 0.975. The quantitative estimate of drug-likeness (QED) is 0.829. The SMILES string of the molecule is Cc1cc(NC(=O)CN(C)C(=O)C(N)CC2CCCCC2)no1.